The summed E-state index contributed by atoms with van der Waals surface area (Å²) in [5.74, 6) is 2.02. The lowest BCUT2D eigenvalue weighted by Crippen LogP contribution is -2.12. The first-order chi connectivity index (χ1) is 11.3. The van der Waals surface area contributed by atoms with Crippen LogP contribution in [0.4, 0.5) is 0 Å². The van der Waals surface area contributed by atoms with E-state index in [-0.39, 0.29) is 0 Å². The lowest BCUT2D eigenvalue weighted by molar-refractivity contribution is 0.271. The van der Waals surface area contributed by atoms with E-state index in [2.05, 4.69) is 13.8 Å². The minimum absolute atomic E-state index is 0.985. The Labute approximate surface area is 148 Å². The molecule has 0 nitrogen and oxygen atoms in total. The van der Waals surface area contributed by atoms with Crippen LogP contribution in [0.2, 0.25) is 0 Å². The summed E-state index contributed by atoms with van der Waals surface area (Å²) >= 11 is 0. The van der Waals surface area contributed by atoms with Crippen molar-refractivity contribution in [2.75, 3.05) is 0 Å². The summed E-state index contributed by atoms with van der Waals surface area (Å²) in [7, 11) is 0. The second-order valence-corrected chi connectivity index (χ2v) is 8.41. The third kappa shape index (κ3) is 12.1. The van der Waals surface area contributed by atoms with Crippen molar-refractivity contribution in [3.8, 4) is 0 Å². The zero-order valence-electron chi connectivity index (χ0n) is 16.6. The van der Waals surface area contributed by atoms with Gasteiger partial charge in [0.05, 0.1) is 0 Å². The third-order valence-corrected chi connectivity index (χ3v) is 6.22. The maximum Gasteiger partial charge on any atom is -0.0388 e. The van der Waals surface area contributed by atoms with Gasteiger partial charge in [-0.05, 0) is 11.8 Å². The summed E-state index contributed by atoms with van der Waals surface area (Å²) < 4.78 is 0. The van der Waals surface area contributed by atoms with Crippen molar-refractivity contribution in [3.63, 3.8) is 0 Å². The Bertz CT molecular complexity index is 232. The second kappa shape index (κ2) is 15.5. The average Bonchev–Trinajstić information content (AvgIpc) is 2.55. The fourth-order valence-corrected chi connectivity index (χ4v) is 4.42. The SMILES string of the molecule is CCCCCCCCCCC1CCCCCCCCCCC1C. The van der Waals surface area contributed by atoms with Crippen LogP contribution in [0.5, 0.6) is 0 Å². The summed E-state index contributed by atoms with van der Waals surface area (Å²) in [6.07, 6.45) is 28.3. The second-order valence-electron chi connectivity index (χ2n) is 8.41. The molecule has 0 N–H and O–H groups in total. The third-order valence-electron chi connectivity index (χ3n) is 6.22. The Morgan fingerprint density at radius 1 is 0.565 bits per heavy atom. The van der Waals surface area contributed by atoms with Crippen molar-refractivity contribution in [2.45, 2.75) is 136 Å². The number of hydrogen-bond acceptors (Lipinski definition) is 0. The smallest absolute Gasteiger partial charge is 0.0388 e. The normalized spacial score (nSPS) is 24.8. The fourth-order valence-electron chi connectivity index (χ4n) is 4.42. The molecule has 0 heterocycles. The summed E-state index contributed by atoms with van der Waals surface area (Å²) in [6, 6.07) is 0. The van der Waals surface area contributed by atoms with Gasteiger partial charge < -0.3 is 0 Å². The first-order valence-corrected chi connectivity index (χ1v) is 11.3. The predicted octanol–water partition coefficient (Wildman–Crippen LogP) is 8.68. The zero-order chi connectivity index (χ0) is 16.6. The molecule has 1 saturated carbocycles. The van der Waals surface area contributed by atoms with Crippen molar-refractivity contribution in [2.24, 2.45) is 11.8 Å². The molecule has 1 aliphatic carbocycles. The Balaban J connectivity index is 2.13. The molecule has 0 saturated heterocycles. The highest BCUT2D eigenvalue weighted by Crippen LogP contribution is 2.30. The molecule has 1 fully saturated rings. The van der Waals surface area contributed by atoms with Crippen molar-refractivity contribution < 1.29 is 0 Å². The van der Waals surface area contributed by atoms with Gasteiger partial charge in [-0.2, -0.15) is 0 Å². The van der Waals surface area contributed by atoms with Gasteiger partial charge in [-0.1, -0.05) is 136 Å². The van der Waals surface area contributed by atoms with Gasteiger partial charge >= 0.3 is 0 Å². The van der Waals surface area contributed by atoms with Gasteiger partial charge in [0, 0.05) is 0 Å². The van der Waals surface area contributed by atoms with Crippen molar-refractivity contribution in [1.82, 2.24) is 0 Å². The molecule has 2 atom stereocenters. The van der Waals surface area contributed by atoms with E-state index in [1.54, 1.807) is 0 Å². The molecule has 0 aliphatic heterocycles. The molecular formula is C23H46. The number of hydrogen-bond donors (Lipinski definition) is 0. The van der Waals surface area contributed by atoms with Crippen molar-refractivity contribution in [3.05, 3.63) is 0 Å². The molecule has 23 heavy (non-hydrogen) atoms. The molecule has 1 rings (SSSR count). The molecule has 0 bridgehead atoms. The van der Waals surface area contributed by atoms with Crippen LogP contribution in [0.15, 0.2) is 0 Å². The van der Waals surface area contributed by atoms with Crippen LogP contribution in [-0.4, -0.2) is 0 Å². The number of unbranched alkanes of at least 4 members (excludes halogenated alkanes) is 7. The van der Waals surface area contributed by atoms with Gasteiger partial charge in [-0.15, -0.1) is 0 Å². The standard InChI is InChI=1S/C23H46/c1-3-4-5-6-7-11-14-17-20-23-21-18-15-12-9-8-10-13-16-19-22(23)2/h22-23H,3-21H2,1-2H3. The van der Waals surface area contributed by atoms with E-state index in [1.807, 2.05) is 0 Å². The van der Waals surface area contributed by atoms with E-state index in [1.165, 1.54) is 122 Å². The predicted molar refractivity (Wildman–Crippen MR) is 106 cm³/mol. The largest absolute Gasteiger partial charge is 0.0654 e. The van der Waals surface area contributed by atoms with Gasteiger partial charge in [-0.3, -0.25) is 0 Å². The highest BCUT2D eigenvalue weighted by molar-refractivity contribution is 4.68. The van der Waals surface area contributed by atoms with Crippen molar-refractivity contribution in [1.29, 1.82) is 0 Å². The minimum atomic E-state index is 0.985. The van der Waals surface area contributed by atoms with E-state index in [0.29, 0.717) is 0 Å². The average molecular weight is 323 g/mol. The molecule has 1 aliphatic rings. The first-order valence-electron chi connectivity index (χ1n) is 11.3. The minimum Gasteiger partial charge on any atom is -0.0654 e. The molecular weight excluding hydrogens is 276 g/mol. The van der Waals surface area contributed by atoms with E-state index < -0.39 is 0 Å². The monoisotopic (exact) mass is 322 g/mol. The summed E-state index contributed by atoms with van der Waals surface area (Å²) in [5, 5.41) is 0. The molecule has 0 aromatic heterocycles. The van der Waals surface area contributed by atoms with E-state index in [4.69, 9.17) is 0 Å². The van der Waals surface area contributed by atoms with Gasteiger partial charge in [0.15, 0.2) is 0 Å². The molecule has 0 heteroatoms. The number of rotatable bonds is 9. The Hall–Kier alpha value is 0. The Morgan fingerprint density at radius 3 is 1.65 bits per heavy atom. The van der Waals surface area contributed by atoms with Gasteiger partial charge in [0.1, 0.15) is 0 Å². The molecule has 0 aromatic rings. The molecule has 2 unspecified atom stereocenters. The Morgan fingerprint density at radius 2 is 1.04 bits per heavy atom. The quantitative estimate of drug-likeness (QED) is 0.372. The highest BCUT2D eigenvalue weighted by Gasteiger charge is 2.16. The van der Waals surface area contributed by atoms with Crippen LogP contribution in [0, 0.1) is 11.8 Å². The van der Waals surface area contributed by atoms with Crippen LogP contribution in [0.1, 0.15) is 136 Å². The van der Waals surface area contributed by atoms with E-state index >= 15 is 0 Å². The maximum atomic E-state index is 2.56. The van der Waals surface area contributed by atoms with Crippen LogP contribution in [-0.2, 0) is 0 Å². The summed E-state index contributed by atoms with van der Waals surface area (Å²) in [5.41, 5.74) is 0. The maximum absolute atomic E-state index is 2.56. The molecule has 0 radical (unpaired) electrons. The van der Waals surface area contributed by atoms with Crippen LogP contribution in [0.3, 0.4) is 0 Å². The molecule has 0 amide bonds. The highest BCUT2D eigenvalue weighted by atomic mass is 14.2. The fraction of sp³-hybridized carbons (Fsp3) is 1.00. The molecule has 0 aromatic carbocycles. The topological polar surface area (TPSA) is 0 Å². The molecule has 138 valence electrons. The van der Waals surface area contributed by atoms with Crippen molar-refractivity contribution >= 4 is 0 Å². The van der Waals surface area contributed by atoms with Crippen LogP contribution in [0.25, 0.3) is 0 Å². The lowest BCUT2D eigenvalue weighted by atomic mass is 9.81. The van der Waals surface area contributed by atoms with Crippen LogP contribution < -0.4 is 0 Å². The van der Waals surface area contributed by atoms with Gasteiger partial charge in [-0.25, -0.2) is 0 Å². The lowest BCUT2D eigenvalue weighted by Gasteiger charge is -2.25. The first kappa shape index (κ1) is 21.0. The van der Waals surface area contributed by atoms with E-state index in [0.717, 1.165) is 11.8 Å². The van der Waals surface area contributed by atoms with Crippen LogP contribution >= 0.6 is 0 Å². The Kier molecular flexibility index (Phi) is 14.2. The summed E-state index contributed by atoms with van der Waals surface area (Å²) in [6.45, 7) is 4.87. The van der Waals surface area contributed by atoms with Gasteiger partial charge in [0.2, 0.25) is 0 Å². The zero-order valence-corrected chi connectivity index (χ0v) is 16.6. The van der Waals surface area contributed by atoms with Gasteiger partial charge in [0.25, 0.3) is 0 Å². The van der Waals surface area contributed by atoms with E-state index in [9.17, 15) is 0 Å². The summed E-state index contributed by atoms with van der Waals surface area (Å²) in [4.78, 5) is 0. The molecule has 0 spiro atoms.